The van der Waals surface area contributed by atoms with E-state index in [2.05, 4.69) is 15.3 Å². The normalized spacial score (nSPS) is 10.9. The molecule has 2 aromatic heterocycles. The first-order valence-corrected chi connectivity index (χ1v) is 9.50. The minimum atomic E-state index is -0.360. The largest absolute Gasteiger partial charge is 0.493 e. The highest BCUT2D eigenvalue weighted by atomic mass is 19.1. The zero-order chi connectivity index (χ0) is 21.1. The number of anilines is 1. The number of aromatic nitrogens is 4. The predicted octanol–water partition coefficient (Wildman–Crippen LogP) is 3.63. The van der Waals surface area contributed by atoms with Crippen LogP contribution in [0.5, 0.6) is 11.5 Å². The van der Waals surface area contributed by atoms with Gasteiger partial charge in [0.15, 0.2) is 23.0 Å². The topological polar surface area (TPSA) is 64.8 Å². The average Bonchev–Trinajstić information content (AvgIpc) is 3.20. The zero-order valence-electron chi connectivity index (χ0n) is 17.0. The van der Waals surface area contributed by atoms with Gasteiger partial charge in [-0.05, 0) is 48.4 Å². The molecule has 0 aliphatic carbocycles. The van der Waals surface area contributed by atoms with Crippen LogP contribution in [0.2, 0.25) is 0 Å². The van der Waals surface area contributed by atoms with Gasteiger partial charge in [0.05, 0.1) is 19.8 Å². The summed E-state index contributed by atoms with van der Waals surface area (Å²) in [6, 6.07) is 16.1. The molecular formula is C22H22FN5O2. The number of methoxy groups -OCH3 is 2. The maximum absolute atomic E-state index is 14.2. The lowest BCUT2D eigenvalue weighted by Crippen LogP contribution is -2.22. The van der Waals surface area contributed by atoms with Crippen LogP contribution < -0.4 is 14.4 Å². The van der Waals surface area contributed by atoms with Crippen LogP contribution in [0.3, 0.4) is 0 Å². The van der Waals surface area contributed by atoms with Crippen LogP contribution in [0, 0.1) is 5.82 Å². The van der Waals surface area contributed by atoms with Crippen LogP contribution in [-0.4, -0.2) is 47.6 Å². The third kappa shape index (κ3) is 3.76. The standard InChI is InChI=1S/C22H22FN5O2/c1-27(13-12-15-8-9-18(29-2)19(14-15)30-3)21-11-10-20-24-25-22(28(20)26-21)16-6-4-5-7-17(16)23/h4-11,14H,12-13H2,1-3H3. The van der Waals surface area contributed by atoms with Crippen molar-refractivity contribution in [3.05, 3.63) is 66.0 Å². The van der Waals surface area contributed by atoms with E-state index in [0.29, 0.717) is 28.5 Å². The summed E-state index contributed by atoms with van der Waals surface area (Å²) in [5.74, 6) is 2.16. The molecule has 2 aromatic carbocycles. The average molecular weight is 407 g/mol. The second kappa shape index (κ2) is 8.36. The number of hydrogen-bond acceptors (Lipinski definition) is 6. The van der Waals surface area contributed by atoms with Gasteiger partial charge in [0.1, 0.15) is 11.6 Å². The Bertz CT molecular complexity index is 1180. The molecule has 0 radical (unpaired) electrons. The minimum Gasteiger partial charge on any atom is -0.493 e. The highest BCUT2D eigenvalue weighted by Gasteiger charge is 2.15. The number of fused-ring (bicyclic) bond motifs is 1. The lowest BCUT2D eigenvalue weighted by molar-refractivity contribution is 0.354. The summed E-state index contributed by atoms with van der Waals surface area (Å²) in [6.07, 6.45) is 0.791. The fourth-order valence-electron chi connectivity index (χ4n) is 3.24. The van der Waals surface area contributed by atoms with Gasteiger partial charge in [-0.2, -0.15) is 4.52 Å². The van der Waals surface area contributed by atoms with Crippen LogP contribution >= 0.6 is 0 Å². The molecule has 4 aromatic rings. The predicted molar refractivity (Wildman–Crippen MR) is 113 cm³/mol. The number of halogens is 1. The Labute approximate surface area is 173 Å². The van der Waals surface area contributed by atoms with Gasteiger partial charge in [0.25, 0.3) is 0 Å². The third-order valence-corrected chi connectivity index (χ3v) is 4.94. The molecule has 0 N–H and O–H groups in total. The van der Waals surface area contributed by atoms with Crippen LogP contribution in [0.25, 0.3) is 17.0 Å². The lowest BCUT2D eigenvalue weighted by atomic mass is 10.1. The summed E-state index contributed by atoms with van der Waals surface area (Å²) in [5, 5.41) is 12.9. The molecule has 154 valence electrons. The van der Waals surface area contributed by atoms with E-state index in [1.54, 1.807) is 36.9 Å². The SMILES string of the molecule is COc1ccc(CCN(C)c2ccc3nnc(-c4ccccc4F)n3n2)cc1OC. The Hall–Kier alpha value is -3.68. The Kier molecular flexibility index (Phi) is 5.47. The van der Waals surface area contributed by atoms with Crippen molar-refractivity contribution in [3.63, 3.8) is 0 Å². The van der Waals surface area contributed by atoms with E-state index in [9.17, 15) is 4.39 Å². The number of rotatable bonds is 7. The highest BCUT2D eigenvalue weighted by molar-refractivity contribution is 5.60. The summed E-state index contributed by atoms with van der Waals surface area (Å²) >= 11 is 0. The Balaban J connectivity index is 1.56. The van der Waals surface area contributed by atoms with Crippen LogP contribution in [0.1, 0.15) is 5.56 Å². The Morgan fingerprint density at radius 1 is 0.967 bits per heavy atom. The maximum Gasteiger partial charge on any atom is 0.188 e. The molecule has 0 amide bonds. The quantitative estimate of drug-likeness (QED) is 0.466. The first-order valence-electron chi connectivity index (χ1n) is 9.50. The molecule has 0 spiro atoms. The minimum absolute atomic E-state index is 0.360. The zero-order valence-corrected chi connectivity index (χ0v) is 17.0. The summed E-state index contributed by atoms with van der Waals surface area (Å²) in [7, 11) is 5.20. The number of benzene rings is 2. The molecule has 4 rings (SSSR count). The maximum atomic E-state index is 14.2. The number of hydrogen-bond donors (Lipinski definition) is 0. The van der Waals surface area contributed by atoms with E-state index in [4.69, 9.17) is 9.47 Å². The van der Waals surface area contributed by atoms with E-state index in [1.807, 2.05) is 42.3 Å². The third-order valence-electron chi connectivity index (χ3n) is 4.94. The van der Waals surface area contributed by atoms with Crippen molar-refractivity contribution in [3.8, 4) is 22.9 Å². The van der Waals surface area contributed by atoms with Gasteiger partial charge >= 0.3 is 0 Å². The van der Waals surface area contributed by atoms with E-state index in [0.717, 1.165) is 24.3 Å². The summed E-state index contributed by atoms with van der Waals surface area (Å²) in [4.78, 5) is 2.03. The fourth-order valence-corrected chi connectivity index (χ4v) is 3.24. The van der Waals surface area contributed by atoms with Gasteiger partial charge in [-0.3, -0.25) is 0 Å². The molecule has 0 aliphatic rings. The van der Waals surface area contributed by atoms with Crippen molar-refractivity contribution in [2.45, 2.75) is 6.42 Å². The Morgan fingerprint density at radius 2 is 1.77 bits per heavy atom. The molecule has 2 heterocycles. The lowest BCUT2D eigenvalue weighted by Gasteiger charge is -2.18. The van der Waals surface area contributed by atoms with E-state index < -0.39 is 0 Å². The van der Waals surface area contributed by atoms with Gasteiger partial charge in [-0.25, -0.2) is 4.39 Å². The molecule has 7 nitrogen and oxygen atoms in total. The van der Waals surface area contributed by atoms with Gasteiger partial charge in [-0.1, -0.05) is 18.2 Å². The second-order valence-electron chi connectivity index (χ2n) is 6.83. The monoisotopic (exact) mass is 407 g/mol. The molecule has 0 saturated carbocycles. The van der Waals surface area contributed by atoms with E-state index in [1.165, 1.54) is 6.07 Å². The van der Waals surface area contributed by atoms with Crippen LogP contribution in [-0.2, 0) is 6.42 Å². The van der Waals surface area contributed by atoms with Crippen molar-refractivity contribution in [1.82, 2.24) is 19.8 Å². The molecular weight excluding hydrogens is 385 g/mol. The molecule has 0 bridgehead atoms. The van der Waals surface area contributed by atoms with Gasteiger partial charge in [-0.15, -0.1) is 15.3 Å². The first-order chi connectivity index (χ1) is 14.6. The number of ether oxygens (including phenoxy) is 2. The van der Waals surface area contributed by atoms with Crippen molar-refractivity contribution < 1.29 is 13.9 Å². The van der Waals surface area contributed by atoms with Crippen molar-refractivity contribution >= 4 is 11.5 Å². The van der Waals surface area contributed by atoms with Crippen LogP contribution in [0.15, 0.2) is 54.6 Å². The van der Waals surface area contributed by atoms with Crippen molar-refractivity contribution in [2.75, 3.05) is 32.7 Å². The highest BCUT2D eigenvalue weighted by Crippen LogP contribution is 2.28. The fraction of sp³-hybridized carbons (Fsp3) is 0.227. The van der Waals surface area contributed by atoms with E-state index >= 15 is 0 Å². The molecule has 30 heavy (non-hydrogen) atoms. The molecule has 0 fully saturated rings. The summed E-state index contributed by atoms with van der Waals surface area (Å²) in [5.41, 5.74) is 2.05. The summed E-state index contributed by atoms with van der Waals surface area (Å²) in [6.45, 7) is 0.727. The van der Waals surface area contributed by atoms with Gasteiger partial charge < -0.3 is 14.4 Å². The van der Waals surface area contributed by atoms with Gasteiger partial charge in [0, 0.05) is 13.6 Å². The van der Waals surface area contributed by atoms with Gasteiger partial charge in [0.2, 0.25) is 0 Å². The Morgan fingerprint density at radius 3 is 2.53 bits per heavy atom. The number of nitrogens with zero attached hydrogens (tertiary/aromatic N) is 5. The first kappa shape index (κ1) is 19.6. The molecule has 0 aliphatic heterocycles. The smallest absolute Gasteiger partial charge is 0.188 e. The van der Waals surface area contributed by atoms with Crippen LogP contribution in [0.4, 0.5) is 10.2 Å². The molecule has 0 unspecified atom stereocenters. The second-order valence-corrected chi connectivity index (χ2v) is 6.83. The molecule has 0 atom stereocenters. The number of likely N-dealkylation sites (N-methyl/N-ethyl adjacent to an activating group) is 1. The summed E-state index contributed by atoms with van der Waals surface area (Å²) < 4.78 is 26.5. The van der Waals surface area contributed by atoms with E-state index in [-0.39, 0.29) is 5.82 Å². The molecule has 0 saturated heterocycles. The van der Waals surface area contributed by atoms with Crippen molar-refractivity contribution in [1.29, 1.82) is 0 Å². The molecule has 8 heteroatoms. The van der Waals surface area contributed by atoms with Crippen molar-refractivity contribution in [2.24, 2.45) is 0 Å².